The number of rotatable bonds is 4. The Labute approximate surface area is 127 Å². The number of unbranched alkanes of at least 4 members (excludes halogenated alkanes) is 1. The molecule has 0 amide bonds. The number of likely N-dealkylation sites (tertiary alicyclic amines) is 1. The highest BCUT2D eigenvalue weighted by molar-refractivity contribution is 6.31. The number of hydrogen-bond acceptors (Lipinski definition) is 1. The molecule has 0 radical (unpaired) electrons. The maximum absolute atomic E-state index is 12.8. The van der Waals surface area contributed by atoms with E-state index in [1.807, 2.05) is 0 Å². The van der Waals surface area contributed by atoms with Crippen LogP contribution in [0.2, 0.25) is 5.02 Å². The van der Waals surface area contributed by atoms with Gasteiger partial charge in [-0.1, -0.05) is 24.9 Å². The van der Waals surface area contributed by atoms with E-state index in [2.05, 4.69) is 16.8 Å². The van der Waals surface area contributed by atoms with Crippen LogP contribution in [-0.4, -0.2) is 23.8 Å². The third-order valence-electron chi connectivity index (χ3n) is 3.49. The van der Waals surface area contributed by atoms with Crippen molar-refractivity contribution in [2.75, 3.05) is 13.1 Å². The minimum absolute atomic E-state index is 0.291. The summed E-state index contributed by atoms with van der Waals surface area (Å²) in [5, 5.41) is -0.291. The molecule has 1 heterocycles. The van der Waals surface area contributed by atoms with E-state index in [4.69, 9.17) is 11.6 Å². The van der Waals surface area contributed by atoms with Crippen LogP contribution in [0.3, 0.4) is 0 Å². The molecule has 6 heteroatoms. The van der Waals surface area contributed by atoms with Gasteiger partial charge in [-0.25, -0.2) is 4.99 Å². The van der Waals surface area contributed by atoms with Crippen LogP contribution in [0.1, 0.15) is 38.2 Å². The molecule has 0 saturated carbocycles. The lowest BCUT2D eigenvalue weighted by atomic mass is 10.2. The number of benzene rings is 1. The number of amidine groups is 1. The molecule has 0 spiro atoms. The minimum Gasteiger partial charge on any atom is -0.360 e. The third kappa shape index (κ3) is 4.13. The van der Waals surface area contributed by atoms with Gasteiger partial charge >= 0.3 is 6.18 Å². The molecule has 1 aromatic carbocycles. The molecular weight excluding hydrogens is 301 g/mol. The second kappa shape index (κ2) is 6.69. The molecule has 0 N–H and O–H groups in total. The zero-order valence-electron chi connectivity index (χ0n) is 11.9. The van der Waals surface area contributed by atoms with Crippen molar-refractivity contribution in [1.29, 1.82) is 0 Å². The van der Waals surface area contributed by atoms with Crippen molar-refractivity contribution in [3.63, 3.8) is 0 Å². The van der Waals surface area contributed by atoms with E-state index >= 15 is 0 Å². The zero-order chi connectivity index (χ0) is 15.5. The van der Waals surface area contributed by atoms with Crippen LogP contribution in [0.15, 0.2) is 23.2 Å². The molecule has 0 unspecified atom stereocenters. The van der Waals surface area contributed by atoms with Crippen molar-refractivity contribution >= 4 is 23.1 Å². The molecule has 0 atom stereocenters. The average molecular weight is 319 g/mol. The Morgan fingerprint density at radius 2 is 2.10 bits per heavy atom. The summed E-state index contributed by atoms with van der Waals surface area (Å²) in [7, 11) is 0. The van der Waals surface area contributed by atoms with E-state index in [1.54, 1.807) is 0 Å². The lowest BCUT2D eigenvalue weighted by molar-refractivity contribution is -0.137. The standard InChI is InChI=1S/C15H18ClF3N2/c1-2-3-8-21-9-4-5-14(21)20-11-6-7-13(16)12(10-11)15(17,18)19/h6-7,10H,2-5,8-9H2,1H3. The highest BCUT2D eigenvalue weighted by atomic mass is 35.5. The summed E-state index contributed by atoms with van der Waals surface area (Å²) in [5.74, 6) is 0.874. The molecule has 2 nitrogen and oxygen atoms in total. The molecular formula is C15H18ClF3N2. The van der Waals surface area contributed by atoms with Crippen molar-refractivity contribution in [3.05, 3.63) is 28.8 Å². The maximum atomic E-state index is 12.8. The van der Waals surface area contributed by atoms with Gasteiger partial charge in [-0.05, 0) is 31.0 Å². The monoisotopic (exact) mass is 318 g/mol. The minimum atomic E-state index is -4.45. The molecule has 1 aromatic rings. The summed E-state index contributed by atoms with van der Waals surface area (Å²) in [6.45, 7) is 3.95. The van der Waals surface area contributed by atoms with Gasteiger partial charge in [0.2, 0.25) is 0 Å². The van der Waals surface area contributed by atoms with Gasteiger partial charge in [-0.2, -0.15) is 13.2 Å². The van der Waals surface area contributed by atoms with E-state index in [1.165, 1.54) is 12.1 Å². The Morgan fingerprint density at radius 3 is 2.76 bits per heavy atom. The maximum Gasteiger partial charge on any atom is 0.417 e. The van der Waals surface area contributed by atoms with Crippen LogP contribution in [0.25, 0.3) is 0 Å². The second-order valence-corrected chi connectivity index (χ2v) is 5.54. The summed E-state index contributed by atoms with van der Waals surface area (Å²) >= 11 is 5.62. The SMILES string of the molecule is CCCCN1CCCC1=Nc1ccc(Cl)c(C(F)(F)F)c1. The van der Waals surface area contributed by atoms with Crippen LogP contribution < -0.4 is 0 Å². The predicted molar refractivity (Wildman–Crippen MR) is 79.3 cm³/mol. The van der Waals surface area contributed by atoms with Gasteiger partial charge in [-0.15, -0.1) is 0 Å². The lowest BCUT2D eigenvalue weighted by Gasteiger charge is -2.18. The smallest absolute Gasteiger partial charge is 0.360 e. The van der Waals surface area contributed by atoms with Crippen LogP contribution in [-0.2, 0) is 6.18 Å². The first-order chi connectivity index (χ1) is 9.91. The van der Waals surface area contributed by atoms with Crippen LogP contribution in [0, 0.1) is 0 Å². The number of alkyl halides is 3. The lowest BCUT2D eigenvalue weighted by Crippen LogP contribution is -2.25. The van der Waals surface area contributed by atoms with Crippen LogP contribution >= 0.6 is 11.6 Å². The van der Waals surface area contributed by atoms with Gasteiger partial charge in [-0.3, -0.25) is 0 Å². The molecule has 1 fully saturated rings. The molecule has 0 aliphatic carbocycles. The van der Waals surface area contributed by atoms with E-state index < -0.39 is 11.7 Å². The molecule has 21 heavy (non-hydrogen) atoms. The second-order valence-electron chi connectivity index (χ2n) is 5.13. The molecule has 0 aromatic heterocycles. The molecule has 1 aliphatic heterocycles. The molecule has 116 valence electrons. The Hall–Kier alpha value is -1.23. The highest BCUT2D eigenvalue weighted by Gasteiger charge is 2.33. The molecule has 1 aliphatic rings. The summed E-state index contributed by atoms with van der Waals surface area (Å²) < 4.78 is 38.5. The van der Waals surface area contributed by atoms with E-state index in [9.17, 15) is 13.2 Å². The highest BCUT2D eigenvalue weighted by Crippen LogP contribution is 2.37. The van der Waals surface area contributed by atoms with Crippen molar-refractivity contribution in [2.45, 2.75) is 38.8 Å². The first kappa shape index (κ1) is 16.1. The normalized spacial score (nSPS) is 17.8. The summed E-state index contributed by atoms with van der Waals surface area (Å²) in [5.41, 5.74) is -0.519. The predicted octanol–water partition coefficient (Wildman–Crippen LogP) is 5.28. The molecule has 2 rings (SSSR count). The van der Waals surface area contributed by atoms with E-state index in [-0.39, 0.29) is 5.02 Å². The van der Waals surface area contributed by atoms with Crippen molar-refractivity contribution in [1.82, 2.24) is 4.90 Å². The third-order valence-corrected chi connectivity index (χ3v) is 3.82. The van der Waals surface area contributed by atoms with Gasteiger partial charge < -0.3 is 4.90 Å². The fourth-order valence-electron chi connectivity index (χ4n) is 2.38. The zero-order valence-corrected chi connectivity index (χ0v) is 12.6. The van der Waals surface area contributed by atoms with Crippen molar-refractivity contribution in [2.24, 2.45) is 4.99 Å². The topological polar surface area (TPSA) is 15.6 Å². The first-order valence-electron chi connectivity index (χ1n) is 7.11. The fourth-order valence-corrected chi connectivity index (χ4v) is 2.61. The van der Waals surface area contributed by atoms with Crippen LogP contribution in [0.5, 0.6) is 0 Å². The van der Waals surface area contributed by atoms with Gasteiger partial charge in [0, 0.05) is 19.5 Å². The largest absolute Gasteiger partial charge is 0.417 e. The number of nitrogens with zero attached hydrogens (tertiary/aromatic N) is 2. The summed E-state index contributed by atoms with van der Waals surface area (Å²) in [6, 6.07) is 3.81. The summed E-state index contributed by atoms with van der Waals surface area (Å²) in [6.07, 6.45) is -0.489. The van der Waals surface area contributed by atoms with Gasteiger partial charge in [0.15, 0.2) is 0 Å². The van der Waals surface area contributed by atoms with Crippen molar-refractivity contribution in [3.8, 4) is 0 Å². The Balaban J connectivity index is 2.24. The van der Waals surface area contributed by atoms with Crippen LogP contribution in [0.4, 0.5) is 18.9 Å². The number of hydrogen-bond donors (Lipinski definition) is 0. The Kier molecular flexibility index (Phi) is 5.14. The van der Waals surface area contributed by atoms with Gasteiger partial charge in [0.05, 0.1) is 16.3 Å². The fraction of sp³-hybridized carbons (Fsp3) is 0.533. The molecule has 1 saturated heterocycles. The summed E-state index contributed by atoms with van der Waals surface area (Å²) in [4.78, 5) is 6.55. The Bertz CT molecular complexity index is 526. The van der Waals surface area contributed by atoms with Gasteiger partial charge in [0.1, 0.15) is 5.84 Å². The average Bonchev–Trinajstić information content (AvgIpc) is 2.84. The first-order valence-corrected chi connectivity index (χ1v) is 7.49. The molecule has 0 bridgehead atoms. The number of aliphatic imine (C=N–C) groups is 1. The Morgan fingerprint density at radius 1 is 1.33 bits per heavy atom. The van der Waals surface area contributed by atoms with Crippen molar-refractivity contribution < 1.29 is 13.2 Å². The number of halogens is 4. The van der Waals surface area contributed by atoms with Gasteiger partial charge in [0.25, 0.3) is 0 Å². The quantitative estimate of drug-likeness (QED) is 0.737. The van der Waals surface area contributed by atoms with E-state index in [0.717, 1.165) is 50.7 Å². The van der Waals surface area contributed by atoms with E-state index in [0.29, 0.717) is 5.69 Å².